The minimum absolute atomic E-state index is 0.260. The van der Waals surface area contributed by atoms with Crippen molar-refractivity contribution in [1.82, 2.24) is 20.2 Å². The number of fused-ring (bicyclic) bond motifs is 2. The van der Waals surface area contributed by atoms with Gasteiger partial charge in [-0.2, -0.15) is 5.10 Å². The number of aromatic amines is 1. The Bertz CT molecular complexity index is 1090. The summed E-state index contributed by atoms with van der Waals surface area (Å²) in [6.07, 6.45) is 9.72. The van der Waals surface area contributed by atoms with Gasteiger partial charge in [0.15, 0.2) is 11.9 Å². The van der Waals surface area contributed by atoms with Gasteiger partial charge in [-0.05, 0) is 44.2 Å². The lowest BCUT2D eigenvalue weighted by atomic mass is 10.1. The van der Waals surface area contributed by atoms with E-state index in [1.807, 2.05) is 50.6 Å². The Labute approximate surface area is 150 Å². The van der Waals surface area contributed by atoms with Gasteiger partial charge in [0.25, 0.3) is 0 Å². The third kappa shape index (κ3) is 2.38. The maximum Gasteiger partial charge on any atom is 0.177 e. The molecular weight excluding hydrogens is 326 g/mol. The summed E-state index contributed by atoms with van der Waals surface area (Å²) in [6.45, 7) is 3.94. The fourth-order valence-corrected chi connectivity index (χ4v) is 3.39. The Morgan fingerprint density at radius 2 is 2.00 bits per heavy atom. The van der Waals surface area contributed by atoms with Crippen LogP contribution >= 0.6 is 0 Å². The highest BCUT2D eigenvalue weighted by molar-refractivity contribution is 5.92. The van der Waals surface area contributed by atoms with Crippen LogP contribution in [-0.4, -0.2) is 20.2 Å². The Morgan fingerprint density at radius 1 is 1.15 bits per heavy atom. The number of nitrogens with one attached hydrogen (secondary N) is 1. The van der Waals surface area contributed by atoms with E-state index in [0.717, 1.165) is 39.3 Å². The van der Waals surface area contributed by atoms with Crippen LogP contribution < -0.4 is 4.90 Å². The van der Waals surface area contributed by atoms with Crippen molar-refractivity contribution in [3.8, 4) is 0 Å². The molecule has 128 valence electrons. The molecule has 0 radical (unpaired) electrons. The second-order valence-corrected chi connectivity index (χ2v) is 6.49. The molecule has 1 unspecified atom stereocenters. The Morgan fingerprint density at radius 3 is 2.85 bits per heavy atom. The second kappa shape index (κ2) is 5.56. The van der Waals surface area contributed by atoms with Crippen molar-refractivity contribution >= 4 is 16.6 Å². The minimum atomic E-state index is -0.260. The summed E-state index contributed by atoms with van der Waals surface area (Å²) in [6, 6.07) is 8.05. The van der Waals surface area contributed by atoms with E-state index in [0.29, 0.717) is 5.82 Å². The van der Waals surface area contributed by atoms with Gasteiger partial charge >= 0.3 is 0 Å². The highest BCUT2D eigenvalue weighted by Gasteiger charge is 2.27. The van der Waals surface area contributed by atoms with Crippen molar-refractivity contribution in [1.29, 1.82) is 0 Å². The van der Waals surface area contributed by atoms with Gasteiger partial charge in [0, 0.05) is 28.5 Å². The average Bonchev–Trinajstić information content (AvgIpc) is 3.26. The lowest BCUT2D eigenvalue weighted by Crippen LogP contribution is -2.13. The zero-order chi connectivity index (χ0) is 17.7. The SMILES string of the molecule is Cc1cc(C)nc(C2C=C3C=CN(c4cccc5[nH]ncc45)C=C3O2)n1. The fourth-order valence-electron chi connectivity index (χ4n) is 3.39. The highest BCUT2D eigenvalue weighted by Crippen LogP contribution is 2.37. The van der Waals surface area contributed by atoms with Crippen LogP contribution in [0.2, 0.25) is 0 Å². The van der Waals surface area contributed by atoms with E-state index in [9.17, 15) is 0 Å². The summed E-state index contributed by atoms with van der Waals surface area (Å²) in [7, 11) is 0. The highest BCUT2D eigenvalue weighted by atomic mass is 16.5. The number of hydrogen-bond acceptors (Lipinski definition) is 5. The van der Waals surface area contributed by atoms with Crippen LogP contribution in [0, 0.1) is 13.8 Å². The quantitative estimate of drug-likeness (QED) is 0.766. The molecule has 4 heterocycles. The molecule has 0 aliphatic carbocycles. The van der Waals surface area contributed by atoms with E-state index >= 15 is 0 Å². The topological polar surface area (TPSA) is 66.9 Å². The van der Waals surface area contributed by atoms with Crippen molar-refractivity contribution in [2.45, 2.75) is 20.0 Å². The van der Waals surface area contributed by atoms with Crippen molar-refractivity contribution in [3.05, 3.63) is 83.6 Å². The van der Waals surface area contributed by atoms with Gasteiger partial charge in [-0.15, -0.1) is 0 Å². The number of hydrogen-bond donors (Lipinski definition) is 1. The third-order valence-electron chi connectivity index (χ3n) is 4.53. The molecule has 1 N–H and O–H groups in total. The van der Waals surface area contributed by atoms with Crippen LogP contribution in [-0.2, 0) is 4.74 Å². The van der Waals surface area contributed by atoms with Crippen LogP contribution in [0.15, 0.2) is 66.3 Å². The Balaban J connectivity index is 1.49. The maximum atomic E-state index is 6.13. The average molecular weight is 343 g/mol. The summed E-state index contributed by atoms with van der Waals surface area (Å²) in [5.74, 6) is 1.52. The number of ether oxygens (including phenoxy) is 1. The first-order valence-electron chi connectivity index (χ1n) is 8.49. The zero-order valence-electron chi connectivity index (χ0n) is 14.5. The second-order valence-electron chi connectivity index (χ2n) is 6.49. The van der Waals surface area contributed by atoms with Gasteiger partial charge < -0.3 is 9.64 Å². The molecule has 0 amide bonds. The van der Waals surface area contributed by atoms with Gasteiger partial charge in [-0.3, -0.25) is 5.10 Å². The third-order valence-corrected chi connectivity index (χ3v) is 4.53. The Hall–Kier alpha value is -3.41. The molecule has 1 atom stereocenters. The van der Waals surface area contributed by atoms with E-state index in [1.54, 1.807) is 0 Å². The van der Waals surface area contributed by atoms with E-state index in [4.69, 9.17) is 4.74 Å². The Kier molecular flexibility index (Phi) is 3.18. The summed E-state index contributed by atoms with van der Waals surface area (Å²) in [5, 5.41) is 8.20. The first-order chi connectivity index (χ1) is 12.7. The number of allylic oxidation sites excluding steroid dienone is 1. The van der Waals surface area contributed by atoms with Crippen LogP contribution in [0.1, 0.15) is 23.3 Å². The number of nitrogens with zero attached hydrogens (tertiary/aromatic N) is 4. The molecule has 0 bridgehead atoms. The number of H-pyrrole nitrogens is 1. The van der Waals surface area contributed by atoms with Gasteiger partial charge in [0.1, 0.15) is 5.76 Å². The van der Waals surface area contributed by atoms with Crippen molar-refractivity contribution < 1.29 is 4.74 Å². The van der Waals surface area contributed by atoms with Crippen LogP contribution in [0.25, 0.3) is 10.9 Å². The van der Waals surface area contributed by atoms with Gasteiger partial charge in [-0.25, -0.2) is 9.97 Å². The monoisotopic (exact) mass is 343 g/mol. The number of rotatable bonds is 2. The number of aromatic nitrogens is 4. The maximum absolute atomic E-state index is 6.13. The van der Waals surface area contributed by atoms with Crippen molar-refractivity contribution in [2.24, 2.45) is 0 Å². The van der Waals surface area contributed by atoms with Gasteiger partial charge in [0.2, 0.25) is 0 Å². The zero-order valence-corrected chi connectivity index (χ0v) is 14.5. The van der Waals surface area contributed by atoms with E-state index in [1.165, 1.54) is 0 Å². The molecule has 26 heavy (non-hydrogen) atoms. The van der Waals surface area contributed by atoms with Gasteiger partial charge in [-0.1, -0.05) is 6.07 Å². The first-order valence-corrected chi connectivity index (χ1v) is 8.49. The number of anilines is 1. The first kappa shape index (κ1) is 14.9. The molecule has 3 aromatic rings. The van der Waals surface area contributed by atoms with Crippen molar-refractivity contribution in [3.63, 3.8) is 0 Å². The number of benzene rings is 1. The molecule has 1 aromatic carbocycles. The van der Waals surface area contributed by atoms with Gasteiger partial charge in [0.05, 0.1) is 23.6 Å². The molecule has 2 aromatic heterocycles. The predicted octanol–water partition coefficient (Wildman–Crippen LogP) is 3.84. The largest absolute Gasteiger partial charge is 0.476 e. The van der Waals surface area contributed by atoms with Crippen LogP contribution in [0.3, 0.4) is 0 Å². The minimum Gasteiger partial charge on any atom is -0.476 e. The number of aryl methyl sites for hydroxylation is 2. The summed E-state index contributed by atoms with van der Waals surface area (Å²) in [5.41, 5.74) is 5.00. The molecule has 0 fully saturated rings. The summed E-state index contributed by atoms with van der Waals surface area (Å²) < 4.78 is 6.13. The smallest absolute Gasteiger partial charge is 0.177 e. The van der Waals surface area contributed by atoms with Crippen LogP contribution in [0.4, 0.5) is 5.69 Å². The normalized spacial score (nSPS) is 18.5. The molecule has 0 saturated carbocycles. The van der Waals surface area contributed by atoms with Crippen molar-refractivity contribution in [2.75, 3.05) is 4.90 Å². The van der Waals surface area contributed by atoms with Crippen LogP contribution in [0.5, 0.6) is 0 Å². The fraction of sp³-hybridized carbons (Fsp3) is 0.150. The molecule has 2 aliphatic rings. The summed E-state index contributed by atoms with van der Waals surface area (Å²) >= 11 is 0. The molecule has 5 rings (SSSR count). The lowest BCUT2D eigenvalue weighted by Gasteiger charge is -2.21. The summed E-state index contributed by atoms with van der Waals surface area (Å²) in [4.78, 5) is 11.1. The molecule has 6 heteroatoms. The van der Waals surface area contributed by atoms with E-state index in [2.05, 4.69) is 43.3 Å². The van der Waals surface area contributed by atoms with E-state index in [-0.39, 0.29) is 6.10 Å². The molecule has 6 nitrogen and oxygen atoms in total. The standard InChI is InChI=1S/C20H17N5O/c1-12-8-13(2)23-20(22-12)18-9-14-6-7-25(11-19(14)26-18)17-5-3-4-16-15(17)10-21-24-16/h3-11,18H,1-2H3,(H,21,24). The molecular formula is C20H17N5O. The molecule has 2 aliphatic heterocycles. The predicted molar refractivity (Wildman–Crippen MR) is 99.2 cm³/mol. The van der Waals surface area contributed by atoms with E-state index < -0.39 is 0 Å². The molecule has 0 spiro atoms. The lowest BCUT2D eigenvalue weighted by molar-refractivity contribution is 0.174. The molecule has 0 saturated heterocycles.